The topological polar surface area (TPSA) is 20.3 Å². The lowest BCUT2D eigenvalue weighted by atomic mass is 10.3. The number of nitrogens with zero attached hydrogens (tertiary/aromatic N) is 1. The number of carbonyl (C=O) groups is 1. The van der Waals surface area contributed by atoms with Crippen LogP contribution in [0, 0.1) is 0 Å². The minimum Gasteiger partial charge on any atom is -0.343 e. The summed E-state index contributed by atoms with van der Waals surface area (Å²) < 4.78 is 0. The molecule has 0 unspecified atom stereocenters. The van der Waals surface area contributed by atoms with E-state index >= 15 is 0 Å². The molecule has 94 valence electrons. The number of amides is 1. The molecule has 0 saturated carbocycles. The van der Waals surface area contributed by atoms with Crippen LogP contribution in [0.3, 0.4) is 0 Å². The Kier molecular flexibility index (Phi) is 25.4. The molecule has 0 aliphatic carbocycles. The van der Waals surface area contributed by atoms with E-state index in [2.05, 4.69) is 13.8 Å². The van der Waals surface area contributed by atoms with E-state index in [1.807, 2.05) is 32.6 Å². The maximum Gasteiger partial charge on any atom is 0.219 e. The Morgan fingerprint density at radius 1 is 0.933 bits per heavy atom. The van der Waals surface area contributed by atoms with Gasteiger partial charge in [0.25, 0.3) is 0 Å². The average molecular weight is 217 g/mol. The quantitative estimate of drug-likeness (QED) is 0.679. The smallest absolute Gasteiger partial charge is 0.219 e. The van der Waals surface area contributed by atoms with Crippen LogP contribution in [0.2, 0.25) is 0 Å². The number of carbonyl (C=O) groups excluding carboxylic acids is 1. The van der Waals surface area contributed by atoms with Crippen LogP contribution in [-0.2, 0) is 4.79 Å². The second-order valence-electron chi connectivity index (χ2n) is 2.86. The van der Waals surface area contributed by atoms with Gasteiger partial charge in [-0.1, -0.05) is 48.0 Å². The molecule has 0 aliphatic heterocycles. The molecule has 0 heterocycles. The fraction of sp³-hybridized carbons (Fsp3) is 0.923. The molecule has 0 aliphatic rings. The first-order valence-corrected chi connectivity index (χ1v) is 6.47. The number of hydrogen-bond acceptors (Lipinski definition) is 1. The fourth-order valence-corrected chi connectivity index (χ4v) is 1.05. The molecule has 0 spiro atoms. The lowest BCUT2D eigenvalue weighted by Crippen LogP contribution is -2.30. The summed E-state index contributed by atoms with van der Waals surface area (Å²) in [6.45, 7) is 15.7. The standard InChI is InChI=1S/C9H19NO.2C2H6/c1-4-6-8-10(7-5-2)9(3)11;2*1-2/h4-8H2,1-3H3;2*1-2H3. The van der Waals surface area contributed by atoms with Crippen molar-refractivity contribution in [3.63, 3.8) is 0 Å². The Bertz CT molecular complexity index is 113. The second kappa shape index (κ2) is 19.1. The number of rotatable bonds is 5. The summed E-state index contributed by atoms with van der Waals surface area (Å²) in [5, 5.41) is 0. The lowest BCUT2D eigenvalue weighted by Gasteiger charge is -2.19. The summed E-state index contributed by atoms with van der Waals surface area (Å²) in [5.74, 6) is 0.209. The van der Waals surface area contributed by atoms with Crippen molar-refractivity contribution in [3.8, 4) is 0 Å². The van der Waals surface area contributed by atoms with E-state index in [4.69, 9.17) is 0 Å². The van der Waals surface area contributed by atoms with Crippen LogP contribution >= 0.6 is 0 Å². The summed E-state index contributed by atoms with van der Waals surface area (Å²) in [6, 6.07) is 0. The molecule has 15 heavy (non-hydrogen) atoms. The fourth-order valence-electron chi connectivity index (χ4n) is 1.05. The van der Waals surface area contributed by atoms with E-state index in [1.165, 1.54) is 0 Å². The van der Waals surface area contributed by atoms with Crippen molar-refractivity contribution in [2.45, 2.75) is 67.7 Å². The summed E-state index contributed by atoms with van der Waals surface area (Å²) in [5.41, 5.74) is 0. The van der Waals surface area contributed by atoms with Gasteiger partial charge in [-0.3, -0.25) is 4.79 Å². The van der Waals surface area contributed by atoms with Gasteiger partial charge in [0.1, 0.15) is 0 Å². The van der Waals surface area contributed by atoms with E-state index in [0.717, 1.165) is 32.4 Å². The Morgan fingerprint density at radius 3 is 1.67 bits per heavy atom. The van der Waals surface area contributed by atoms with Gasteiger partial charge in [-0.25, -0.2) is 0 Å². The van der Waals surface area contributed by atoms with Gasteiger partial charge in [-0.05, 0) is 12.8 Å². The van der Waals surface area contributed by atoms with Crippen LogP contribution in [0.4, 0.5) is 0 Å². The molecular weight excluding hydrogens is 186 g/mol. The molecule has 0 radical (unpaired) electrons. The molecule has 0 bridgehead atoms. The van der Waals surface area contributed by atoms with Gasteiger partial charge in [0.05, 0.1) is 0 Å². The third-order valence-corrected chi connectivity index (χ3v) is 1.72. The lowest BCUT2D eigenvalue weighted by molar-refractivity contribution is -0.128. The molecule has 0 aromatic carbocycles. The highest BCUT2D eigenvalue weighted by atomic mass is 16.2. The van der Waals surface area contributed by atoms with Gasteiger partial charge in [0.2, 0.25) is 5.91 Å². The third kappa shape index (κ3) is 16.2. The summed E-state index contributed by atoms with van der Waals surface area (Å²) in [6.07, 6.45) is 3.34. The normalized spacial score (nSPS) is 7.93. The molecule has 2 heteroatoms. The van der Waals surface area contributed by atoms with Crippen molar-refractivity contribution in [1.82, 2.24) is 4.90 Å². The molecule has 2 nitrogen and oxygen atoms in total. The minimum atomic E-state index is 0.209. The minimum absolute atomic E-state index is 0.209. The van der Waals surface area contributed by atoms with Gasteiger partial charge in [-0.15, -0.1) is 0 Å². The van der Waals surface area contributed by atoms with Crippen molar-refractivity contribution < 1.29 is 4.79 Å². The Morgan fingerprint density at radius 2 is 1.40 bits per heavy atom. The zero-order valence-electron chi connectivity index (χ0n) is 11.9. The van der Waals surface area contributed by atoms with Crippen molar-refractivity contribution in [2.75, 3.05) is 13.1 Å². The molecule has 0 aromatic rings. The molecule has 0 rings (SSSR count). The van der Waals surface area contributed by atoms with E-state index in [1.54, 1.807) is 6.92 Å². The molecule has 0 saturated heterocycles. The van der Waals surface area contributed by atoms with Crippen LogP contribution in [-0.4, -0.2) is 23.9 Å². The third-order valence-electron chi connectivity index (χ3n) is 1.72. The van der Waals surface area contributed by atoms with Crippen molar-refractivity contribution in [2.24, 2.45) is 0 Å². The first-order valence-electron chi connectivity index (χ1n) is 6.47. The highest BCUT2D eigenvalue weighted by Crippen LogP contribution is 1.96. The van der Waals surface area contributed by atoms with E-state index in [9.17, 15) is 4.79 Å². The molecule has 0 N–H and O–H groups in total. The van der Waals surface area contributed by atoms with Crippen LogP contribution in [0.1, 0.15) is 67.7 Å². The Hall–Kier alpha value is -0.530. The highest BCUT2D eigenvalue weighted by molar-refractivity contribution is 5.73. The van der Waals surface area contributed by atoms with Gasteiger partial charge in [0, 0.05) is 20.0 Å². The first-order chi connectivity index (χ1) is 7.22. The highest BCUT2D eigenvalue weighted by Gasteiger charge is 2.04. The Labute approximate surface area is 97.1 Å². The average Bonchev–Trinajstić information content (AvgIpc) is 2.29. The van der Waals surface area contributed by atoms with Crippen molar-refractivity contribution in [1.29, 1.82) is 0 Å². The molecule has 0 atom stereocenters. The van der Waals surface area contributed by atoms with E-state index in [0.29, 0.717) is 0 Å². The SMILES string of the molecule is CC.CC.CCCCN(CCC)C(C)=O. The Balaban J connectivity index is -0.000000318. The van der Waals surface area contributed by atoms with Crippen LogP contribution in [0.15, 0.2) is 0 Å². The van der Waals surface area contributed by atoms with Crippen LogP contribution < -0.4 is 0 Å². The van der Waals surface area contributed by atoms with Gasteiger partial charge >= 0.3 is 0 Å². The molecule has 1 amide bonds. The predicted molar refractivity (Wildman–Crippen MR) is 70.1 cm³/mol. The monoisotopic (exact) mass is 217 g/mol. The van der Waals surface area contributed by atoms with Crippen molar-refractivity contribution >= 4 is 5.91 Å². The van der Waals surface area contributed by atoms with E-state index in [-0.39, 0.29) is 5.91 Å². The second-order valence-corrected chi connectivity index (χ2v) is 2.86. The van der Waals surface area contributed by atoms with Crippen LogP contribution in [0.5, 0.6) is 0 Å². The predicted octanol–water partition coefficient (Wildman–Crippen LogP) is 4.10. The number of unbranched alkanes of at least 4 members (excludes halogenated alkanes) is 1. The zero-order valence-corrected chi connectivity index (χ0v) is 11.9. The maximum atomic E-state index is 11.0. The molecule has 0 aromatic heterocycles. The van der Waals surface area contributed by atoms with Crippen molar-refractivity contribution in [3.05, 3.63) is 0 Å². The summed E-state index contributed by atoms with van der Waals surface area (Å²) in [7, 11) is 0. The van der Waals surface area contributed by atoms with Gasteiger partial charge < -0.3 is 4.90 Å². The first kappa shape index (κ1) is 20.0. The molecule has 0 fully saturated rings. The summed E-state index contributed by atoms with van der Waals surface area (Å²) >= 11 is 0. The summed E-state index contributed by atoms with van der Waals surface area (Å²) in [4.78, 5) is 12.9. The zero-order chi connectivity index (χ0) is 12.7. The van der Waals surface area contributed by atoms with E-state index < -0.39 is 0 Å². The number of hydrogen-bond donors (Lipinski definition) is 0. The van der Waals surface area contributed by atoms with Crippen LogP contribution in [0.25, 0.3) is 0 Å². The van der Waals surface area contributed by atoms with Gasteiger partial charge in [-0.2, -0.15) is 0 Å². The molecular formula is C13H31NO. The maximum absolute atomic E-state index is 11.0. The largest absolute Gasteiger partial charge is 0.343 e. The van der Waals surface area contributed by atoms with Gasteiger partial charge in [0.15, 0.2) is 0 Å².